The van der Waals surface area contributed by atoms with E-state index in [1.54, 1.807) is 6.07 Å². The van der Waals surface area contributed by atoms with Gasteiger partial charge in [-0.25, -0.2) is 4.79 Å². The first-order chi connectivity index (χ1) is 10.6. The van der Waals surface area contributed by atoms with E-state index in [1.165, 1.54) is 0 Å². The predicted octanol–water partition coefficient (Wildman–Crippen LogP) is 2.59. The Morgan fingerprint density at radius 2 is 2.18 bits per heavy atom. The molecule has 1 aliphatic heterocycles. The second-order valence-electron chi connectivity index (χ2n) is 5.17. The second kappa shape index (κ2) is 8.58. The van der Waals surface area contributed by atoms with E-state index in [4.69, 9.17) is 27.9 Å². The number of benzene rings is 1. The Kier molecular flexibility index (Phi) is 6.76. The first-order valence-electron chi connectivity index (χ1n) is 7.40. The number of amides is 2. The lowest BCUT2D eigenvalue weighted by Gasteiger charge is -2.25. The summed E-state index contributed by atoms with van der Waals surface area (Å²) >= 11 is 12.1. The minimum atomic E-state index is -0.167. The van der Waals surface area contributed by atoms with Crippen LogP contribution in [-0.4, -0.2) is 38.8 Å². The number of urea groups is 1. The molecule has 5 nitrogen and oxygen atoms in total. The van der Waals surface area contributed by atoms with Crippen LogP contribution >= 0.6 is 23.2 Å². The zero-order chi connectivity index (χ0) is 15.9. The molecule has 2 atom stereocenters. The Balaban J connectivity index is 2.09. The van der Waals surface area contributed by atoms with Gasteiger partial charge in [0.2, 0.25) is 0 Å². The molecule has 0 spiro atoms. The second-order valence-corrected chi connectivity index (χ2v) is 5.98. The third-order valence-corrected chi connectivity index (χ3v) is 4.28. The van der Waals surface area contributed by atoms with Crippen LogP contribution in [0, 0.1) is 5.92 Å². The number of rotatable bonds is 4. The number of halogens is 2. The number of ether oxygens (including phenoxy) is 1. The molecule has 2 rings (SSSR count). The normalized spacial score (nSPS) is 22.0. The summed E-state index contributed by atoms with van der Waals surface area (Å²) < 4.78 is 5.95. The number of nitrogens with one attached hydrogen (secondary N) is 3. The van der Waals surface area contributed by atoms with E-state index >= 15 is 0 Å². The molecule has 22 heavy (non-hydrogen) atoms. The Morgan fingerprint density at radius 1 is 1.36 bits per heavy atom. The molecule has 2 amide bonds. The van der Waals surface area contributed by atoms with Gasteiger partial charge in [0.05, 0.1) is 22.8 Å². The summed E-state index contributed by atoms with van der Waals surface area (Å²) in [6.07, 6.45) is -0.133. The Bertz CT molecular complexity index is 514. The van der Waals surface area contributed by atoms with Gasteiger partial charge in [0, 0.05) is 32.1 Å². The summed E-state index contributed by atoms with van der Waals surface area (Å²) in [6.45, 7) is 5.16. The van der Waals surface area contributed by atoms with Crippen molar-refractivity contribution >= 4 is 29.2 Å². The predicted molar refractivity (Wildman–Crippen MR) is 88.6 cm³/mol. The first-order valence-corrected chi connectivity index (χ1v) is 8.16. The van der Waals surface area contributed by atoms with Crippen molar-refractivity contribution in [3.63, 3.8) is 0 Å². The number of hydrogen-bond acceptors (Lipinski definition) is 3. The molecule has 0 radical (unpaired) electrons. The van der Waals surface area contributed by atoms with Gasteiger partial charge in [-0.05, 0) is 24.6 Å². The molecule has 1 aromatic carbocycles. The zero-order valence-electron chi connectivity index (χ0n) is 12.5. The minimum absolute atomic E-state index is 0.113. The fraction of sp³-hybridized carbons (Fsp3) is 0.533. The lowest BCUT2D eigenvalue weighted by atomic mass is 9.95. The first kappa shape index (κ1) is 17.3. The molecule has 2 unspecified atom stereocenters. The fourth-order valence-electron chi connectivity index (χ4n) is 2.47. The maximum Gasteiger partial charge on any atom is 0.314 e. The lowest BCUT2D eigenvalue weighted by molar-refractivity contribution is 0.0315. The average Bonchev–Trinajstić information content (AvgIpc) is 2.74. The van der Waals surface area contributed by atoms with Gasteiger partial charge in [0.1, 0.15) is 0 Å². The van der Waals surface area contributed by atoms with Crippen LogP contribution in [0.4, 0.5) is 4.79 Å². The smallest absolute Gasteiger partial charge is 0.314 e. The van der Waals surface area contributed by atoms with Crippen LogP contribution in [-0.2, 0) is 4.74 Å². The standard InChI is InChI=1S/C15H21Cl2N3O2/c1-2-19-15(21)20-9-11-8-18-5-6-22-14(11)10-3-4-12(16)13(17)7-10/h3-4,7,11,14,18H,2,5-6,8-9H2,1H3,(H2,19,20,21). The zero-order valence-corrected chi connectivity index (χ0v) is 14.0. The summed E-state index contributed by atoms with van der Waals surface area (Å²) in [5.41, 5.74) is 0.973. The number of carbonyl (C=O) groups is 1. The summed E-state index contributed by atoms with van der Waals surface area (Å²) in [6, 6.07) is 5.36. The lowest BCUT2D eigenvalue weighted by Crippen LogP contribution is -2.41. The van der Waals surface area contributed by atoms with Gasteiger partial charge < -0.3 is 20.7 Å². The highest BCUT2D eigenvalue weighted by Gasteiger charge is 2.27. The van der Waals surface area contributed by atoms with Crippen molar-refractivity contribution in [1.82, 2.24) is 16.0 Å². The molecule has 1 saturated heterocycles. The molecule has 1 aromatic rings. The van der Waals surface area contributed by atoms with Gasteiger partial charge in [-0.1, -0.05) is 29.3 Å². The van der Waals surface area contributed by atoms with Gasteiger partial charge in [-0.3, -0.25) is 0 Å². The average molecular weight is 346 g/mol. The summed E-state index contributed by atoms with van der Waals surface area (Å²) in [5.74, 6) is 0.113. The molecule has 0 bridgehead atoms. The Hall–Kier alpha value is -1.01. The third kappa shape index (κ3) is 4.74. The van der Waals surface area contributed by atoms with E-state index in [9.17, 15) is 4.79 Å². The fourth-order valence-corrected chi connectivity index (χ4v) is 2.78. The molecule has 0 aliphatic carbocycles. The van der Waals surface area contributed by atoms with Crippen LogP contribution < -0.4 is 16.0 Å². The highest BCUT2D eigenvalue weighted by molar-refractivity contribution is 6.42. The Labute approximate surface area is 140 Å². The Morgan fingerprint density at radius 3 is 2.91 bits per heavy atom. The minimum Gasteiger partial charge on any atom is -0.372 e. The topological polar surface area (TPSA) is 62.4 Å². The van der Waals surface area contributed by atoms with E-state index in [-0.39, 0.29) is 18.1 Å². The molecule has 1 heterocycles. The summed E-state index contributed by atoms with van der Waals surface area (Å²) in [7, 11) is 0. The van der Waals surface area contributed by atoms with Gasteiger partial charge in [0.25, 0.3) is 0 Å². The van der Waals surface area contributed by atoms with E-state index < -0.39 is 0 Å². The molecule has 7 heteroatoms. The van der Waals surface area contributed by atoms with Crippen LogP contribution in [0.2, 0.25) is 10.0 Å². The van der Waals surface area contributed by atoms with Crippen LogP contribution in [0.1, 0.15) is 18.6 Å². The molecular weight excluding hydrogens is 325 g/mol. The molecule has 1 aliphatic rings. The SMILES string of the molecule is CCNC(=O)NCC1CNCCOC1c1ccc(Cl)c(Cl)c1. The molecule has 0 aromatic heterocycles. The van der Waals surface area contributed by atoms with Gasteiger partial charge >= 0.3 is 6.03 Å². The van der Waals surface area contributed by atoms with E-state index in [2.05, 4.69) is 16.0 Å². The maximum absolute atomic E-state index is 11.6. The monoisotopic (exact) mass is 345 g/mol. The van der Waals surface area contributed by atoms with Crippen molar-refractivity contribution in [2.24, 2.45) is 5.92 Å². The van der Waals surface area contributed by atoms with E-state index in [0.717, 1.165) is 18.7 Å². The van der Waals surface area contributed by atoms with Crippen LogP contribution in [0.3, 0.4) is 0 Å². The maximum atomic E-state index is 11.6. The third-order valence-electron chi connectivity index (χ3n) is 3.55. The van der Waals surface area contributed by atoms with Crippen molar-refractivity contribution < 1.29 is 9.53 Å². The van der Waals surface area contributed by atoms with E-state index in [0.29, 0.717) is 29.7 Å². The van der Waals surface area contributed by atoms with Gasteiger partial charge in [-0.15, -0.1) is 0 Å². The molecule has 3 N–H and O–H groups in total. The van der Waals surface area contributed by atoms with Crippen molar-refractivity contribution in [2.45, 2.75) is 13.0 Å². The highest BCUT2D eigenvalue weighted by Crippen LogP contribution is 2.31. The molecule has 1 fully saturated rings. The van der Waals surface area contributed by atoms with Crippen molar-refractivity contribution in [3.8, 4) is 0 Å². The van der Waals surface area contributed by atoms with E-state index in [1.807, 2.05) is 19.1 Å². The summed E-state index contributed by atoms with van der Waals surface area (Å²) in [5, 5.41) is 9.95. The van der Waals surface area contributed by atoms with Crippen molar-refractivity contribution in [3.05, 3.63) is 33.8 Å². The number of hydrogen-bond donors (Lipinski definition) is 3. The highest BCUT2D eigenvalue weighted by atomic mass is 35.5. The van der Waals surface area contributed by atoms with Crippen LogP contribution in [0.5, 0.6) is 0 Å². The summed E-state index contributed by atoms with van der Waals surface area (Å²) in [4.78, 5) is 11.6. The van der Waals surface area contributed by atoms with Crippen molar-refractivity contribution in [1.29, 1.82) is 0 Å². The van der Waals surface area contributed by atoms with Crippen LogP contribution in [0.15, 0.2) is 18.2 Å². The molecule has 0 saturated carbocycles. The van der Waals surface area contributed by atoms with Gasteiger partial charge in [0.15, 0.2) is 0 Å². The quantitative estimate of drug-likeness (QED) is 0.785. The van der Waals surface area contributed by atoms with Gasteiger partial charge in [-0.2, -0.15) is 0 Å². The molecular formula is C15H21Cl2N3O2. The van der Waals surface area contributed by atoms with Crippen LogP contribution in [0.25, 0.3) is 0 Å². The largest absolute Gasteiger partial charge is 0.372 e. The molecule has 122 valence electrons. The number of carbonyl (C=O) groups excluding carboxylic acids is 1. The van der Waals surface area contributed by atoms with Crippen molar-refractivity contribution in [2.75, 3.05) is 32.8 Å².